The maximum atomic E-state index is 10.2. The molecule has 2 N–H and O–H groups in total. The molecule has 4 heteroatoms. The maximum Gasteiger partial charge on any atom is 0.115 e. The quantitative estimate of drug-likeness (QED) is 0.764. The van der Waals surface area contributed by atoms with Crippen LogP contribution < -0.4 is 5.32 Å². The Morgan fingerprint density at radius 3 is 2.62 bits per heavy atom. The van der Waals surface area contributed by atoms with Crippen molar-refractivity contribution in [2.24, 2.45) is 5.92 Å². The van der Waals surface area contributed by atoms with Crippen molar-refractivity contribution in [3.63, 3.8) is 0 Å². The molecule has 2 unspecified atom stereocenters. The largest absolute Gasteiger partial charge is 0.389 e. The number of aromatic nitrogens is 2. The fourth-order valence-corrected chi connectivity index (χ4v) is 1.50. The molecule has 0 saturated carbocycles. The highest BCUT2D eigenvalue weighted by molar-refractivity contribution is 5.01. The van der Waals surface area contributed by atoms with E-state index in [9.17, 15) is 5.11 Å². The lowest BCUT2D eigenvalue weighted by Gasteiger charge is -2.29. The van der Waals surface area contributed by atoms with Gasteiger partial charge in [-0.05, 0) is 12.8 Å². The van der Waals surface area contributed by atoms with E-state index in [1.165, 1.54) is 6.33 Å². The first-order valence-corrected chi connectivity index (χ1v) is 5.73. The zero-order valence-corrected chi connectivity index (χ0v) is 10.3. The average Bonchev–Trinajstić information content (AvgIpc) is 2.29. The van der Waals surface area contributed by atoms with Crippen LogP contribution in [0.25, 0.3) is 0 Å². The molecule has 0 radical (unpaired) electrons. The number of rotatable bonds is 6. The summed E-state index contributed by atoms with van der Waals surface area (Å²) in [5.74, 6) is 0.284. The number of aliphatic hydroxyl groups is 1. The van der Waals surface area contributed by atoms with Gasteiger partial charge in [-0.15, -0.1) is 0 Å². The van der Waals surface area contributed by atoms with Crippen LogP contribution in [0, 0.1) is 5.92 Å². The van der Waals surface area contributed by atoms with E-state index in [2.05, 4.69) is 29.1 Å². The average molecular weight is 223 g/mol. The van der Waals surface area contributed by atoms with Gasteiger partial charge in [0.25, 0.3) is 0 Å². The minimum Gasteiger partial charge on any atom is -0.389 e. The lowest BCUT2D eigenvalue weighted by Crippen LogP contribution is -2.42. The molecule has 0 saturated heterocycles. The fraction of sp³-hybridized carbons (Fsp3) is 0.667. The van der Waals surface area contributed by atoms with Gasteiger partial charge < -0.3 is 10.4 Å². The van der Waals surface area contributed by atoms with Crippen LogP contribution in [0.4, 0.5) is 0 Å². The Morgan fingerprint density at radius 1 is 1.44 bits per heavy atom. The molecule has 0 aromatic carbocycles. The zero-order chi connectivity index (χ0) is 12.0. The molecule has 0 bridgehead atoms. The third-order valence-electron chi connectivity index (χ3n) is 3.10. The highest BCUT2D eigenvalue weighted by Crippen LogP contribution is 2.18. The van der Waals surface area contributed by atoms with Gasteiger partial charge in [0.2, 0.25) is 0 Å². The predicted molar refractivity (Wildman–Crippen MR) is 63.8 cm³/mol. The van der Waals surface area contributed by atoms with Gasteiger partial charge in [0.05, 0.1) is 5.60 Å². The summed E-state index contributed by atoms with van der Waals surface area (Å²) in [6.45, 7) is 7.29. The van der Waals surface area contributed by atoms with Crippen LogP contribution in [0.5, 0.6) is 0 Å². The fourth-order valence-electron chi connectivity index (χ4n) is 1.50. The van der Waals surface area contributed by atoms with E-state index >= 15 is 0 Å². The monoisotopic (exact) mass is 223 g/mol. The molecule has 4 nitrogen and oxygen atoms in total. The maximum absolute atomic E-state index is 10.2. The van der Waals surface area contributed by atoms with E-state index < -0.39 is 5.60 Å². The zero-order valence-electron chi connectivity index (χ0n) is 10.3. The van der Waals surface area contributed by atoms with E-state index in [1.807, 2.05) is 6.92 Å². The van der Waals surface area contributed by atoms with Gasteiger partial charge in [0.15, 0.2) is 0 Å². The standard InChI is InChI=1S/C12H21N3O/c1-4-10(2)12(3,16)8-13-5-11-6-14-9-15-7-11/h6-7,9-10,13,16H,4-5,8H2,1-3H3. The molecule has 0 fully saturated rings. The summed E-state index contributed by atoms with van der Waals surface area (Å²) in [5.41, 5.74) is 0.368. The van der Waals surface area contributed by atoms with Crippen LogP contribution in [0.1, 0.15) is 32.8 Å². The van der Waals surface area contributed by atoms with Gasteiger partial charge in [0.1, 0.15) is 6.33 Å². The molecule has 1 heterocycles. The molecule has 90 valence electrons. The number of nitrogens with one attached hydrogen (secondary N) is 1. The van der Waals surface area contributed by atoms with E-state index in [0.29, 0.717) is 13.1 Å². The summed E-state index contributed by atoms with van der Waals surface area (Å²) >= 11 is 0. The summed E-state index contributed by atoms with van der Waals surface area (Å²) in [6, 6.07) is 0. The third-order valence-corrected chi connectivity index (χ3v) is 3.10. The predicted octanol–water partition coefficient (Wildman–Crippen LogP) is 1.36. The van der Waals surface area contributed by atoms with Gasteiger partial charge in [-0.3, -0.25) is 0 Å². The van der Waals surface area contributed by atoms with E-state index in [4.69, 9.17) is 0 Å². The Balaban J connectivity index is 2.35. The SMILES string of the molecule is CCC(C)C(C)(O)CNCc1cncnc1. The smallest absolute Gasteiger partial charge is 0.115 e. The molecule has 0 aliphatic carbocycles. The third kappa shape index (κ3) is 3.87. The molecule has 0 aliphatic rings. The van der Waals surface area contributed by atoms with Crippen LogP contribution in [0.3, 0.4) is 0 Å². The van der Waals surface area contributed by atoms with Gasteiger partial charge in [-0.25, -0.2) is 9.97 Å². The Hall–Kier alpha value is -1.00. The minimum absolute atomic E-state index is 0.284. The van der Waals surface area contributed by atoms with Gasteiger partial charge in [0, 0.05) is 31.0 Å². The van der Waals surface area contributed by atoms with Crippen molar-refractivity contribution in [1.29, 1.82) is 0 Å². The molecular formula is C12H21N3O. The molecule has 0 spiro atoms. The lowest BCUT2D eigenvalue weighted by molar-refractivity contribution is 0.00534. The number of nitrogens with zero attached hydrogens (tertiary/aromatic N) is 2. The Kier molecular flexibility index (Phi) is 4.83. The number of hydrogen-bond acceptors (Lipinski definition) is 4. The van der Waals surface area contributed by atoms with Gasteiger partial charge >= 0.3 is 0 Å². The van der Waals surface area contributed by atoms with Crippen molar-refractivity contribution in [1.82, 2.24) is 15.3 Å². The first-order valence-electron chi connectivity index (χ1n) is 5.73. The van der Waals surface area contributed by atoms with Crippen LogP contribution in [0.2, 0.25) is 0 Å². The summed E-state index contributed by atoms with van der Waals surface area (Å²) in [4.78, 5) is 7.87. The second-order valence-electron chi connectivity index (χ2n) is 4.52. The molecule has 1 aromatic heterocycles. The van der Waals surface area contributed by atoms with Crippen molar-refractivity contribution in [2.75, 3.05) is 6.54 Å². The van der Waals surface area contributed by atoms with Crippen LogP contribution >= 0.6 is 0 Å². The van der Waals surface area contributed by atoms with Crippen molar-refractivity contribution in [3.8, 4) is 0 Å². The first-order chi connectivity index (χ1) is 7.56. The van der Waals surface area contributed by atoms with Crippen molar-refractivity contribution in [2.45, 2.75) is 39.3 Å². The summed E-state index contributed by atoms with van der Waals surface area (Å²) in [7, 11) is 0. The second-order valence-corrected chi connectivity index (χ2v) is 4.52. The lowest BCUT2D eigenvalue weighted by atomic mass is 9.88. The van der Waals surface area contributed by atoms with Crippen molar-refractivity contribution >= 4 is 0 Å². The van der Waals surface area contributed by atoms with E-state index in [0.717, 1.165) is 12.0 Å². The Bertz CT molecular complexity index is 300. The van der Waals surface area contributed by atoms with Gasteiger partial charge in [-0.1, -0.05) is 20.3 Å². The first kappa shape index (κ1) is 13.1. The molecule has 2 atom stereocenters. The highest BCUT2D eigenvalue weighted by Gasteiger charge is 2.26. The summed E-state index contributed by atoms with van der Waals surface area (Å²) in [5, 5.41) is 13.4. The van der Waals surface area contributed by atoms with E-state index in [-0.39, 0.29) is 5.92 Å². The number of hydrogen-bond donors (Lipinski definition) is 2. The molecule has 0 aliphatic heterocycles. The summed E-state index contributed by atoms with van der Waals surface area (Å²) < 4.78 is 0. The summed E-state index contributed by atoms with van der Waals surface area (Å²) in [6.07, 6.45) is 6.04. The molecule has 16 heavy (non-hydrogen) atoms. The van der Waals surface area contributed by atoms with Crippen LogP contribution in [-0.2, 0) is 6.54 Å². The van der Waals surface area contributed by atoms with Crippen molar-refractivity contribution < 1.29 is 5.11 Å². The highest BCUT2D eigenvalue weighted by atomic mass is 16.3. The molecular weight excluding hydrogens is 202 g/mol. The molecule has 1 aromatic rings. The van der Waals surface area contributed by atoms with Gasteiger partial charge in [-0.2, -0.15) is 0 Å². The van der Waals surface area contributed by atoms with E-state index in [1.54, 1.807) is 12.4 Å². The normalized spacial score (nSPS) is 16.8. The van der Waals surface area contributed by atoms with Crippen LogP contribution in [0.15, 0.2) is 18.7 Å². The van der Waals surface area contributed by atoms with Crippen LogP contribution in [-0.4, -0.2) is 27.2 Å². The Morgan fingerprint density at radius 2 is 2.06 bits per heavy atom. The van der Waals surface area contributed by atoms with Crippen molar-refractivity contribution in [3.05, 3.63) is 24.3 Å². The topological polar surface area (TPSA) is 58.0 Å². The Labute approximate surface area is 97.1 Å². The minimum atomic E-state index is -0.662. The molecule has 1 rings (SSSR count). The second kappa shape index (κ2) is 5.92. The molecule has 0 amide bonds.